The third-order valence-corrected chi connectivity index (χ3v) is 33.6. The third-order valence-electron chi connectivity index (χ3n) is 33.6. The second-order valence-electron chi connectivity index (χ2n) is 47.3. The van der Waals surface area contributed by atoms with E-state index in [4.69, 9.17) is 30.1 Å². The highest BCUT2D eigenvalue weighted by Gasteiger charge is 2.43. The lowest BCUT2D eigenvalue weighted by atomic mass is 9.63. The molecule has 0 radical (unpaired) electrons. The first-order valence-corrected chi connectivity index (χ1v) is 52.8. The zero-order chi connectivity index (χ0) is 95.8. The maximum atomic E-state index is 10.3. The minimum atomic E-state index is -0.646. The standard InChI is InChI=1S/2C30H43N3O2.C29H43N3O.C28H41N3O/c2*1-29(2)15-16-30(3,4)23-19-20(11-12-22(23)29)24-7-6-10-27(32-24)33-17-13-21(14-18-33)31-25-8-5-9-26(34)28(25)35;1-28(2)15-16-29(3,4)25-21-22(12-13-24(25)28)26-10-7-11-27(31-26)32-18-8-9-23(14-19-32)30-17-5-6-20-33;1-27(2)14-15-28(3,4)24-20-21(11-12-23(24)27)25-9-5-10-26(30-25)31-17-6-8-22(13-18-31)29-16-7-19-32/h2*6-7,10-12,19,21,25-26,28,31,34-35H,5,8-9,13-18H2,1-4H3;7,10-13,21,23,30,33H,5-6,8-9,14-20H2,1-4H3;5,9-12,20,22,29,32H,6-8,13-19H2,1-4H3/t2*25-,26-,28+;;/m10../s1. The molecule has 18 rings (SSSR count). The fourth-order valence-corrected chi connectivity index (χ4v) is 23.9. The van der Waals surface area contributed by atoms with Crippen LogP contribution in [-0.4, -0.2) is 190 Å². The van der Waals surface area contributed by atoms with Crippen molar-refractivity contribution in [2.45, 2.75) is 388 Å². The van der Waals surface area contributed by atoms with Gasteiger partial charge in [0, 0.05) is 124 Å². The van der Waals surface area contributed by atoms with E-state index in [1.165, 1.54) is 144 Å². The SMILES string of the molecule is CC1(C)CCC(C)(C)c2cc(-c3cccc(N4CCC(N[C@@H]5CCC[C@@H](O)[C@H]5O)CC4)n3)ccc21.CC1(C)CCC(C)(C)c2cc(-c3cccc(N4CCC(N[C@H]5CCC[C@H](O)[C@@H]5O)CC4)n3)ccc21.CC1(C)CCC(C)(C)c2cc(-c3cccc(N4CCCC(NCCCCO)CC4)n3)ccc21.CC1(C)CCC(C)(C)c2cc(-c3cccc(N4CCCC(NCCCO)CC4)n3)ccc21. The van der Waals surface area contributed by atoms with Gasteiger partial charge in [0.1, 0.15) is 23.3 Å². The van der Waals surface area contributed by atoms with Gasteiger partial charge < -0.3 is 71.5 Å². The van der Waals surface area contributed by atoms with E-state index in [9.17, 15) is 20.4 Å². The van der Waals surface area contributed by atoms with Gasteiger partial charge in [-0.25, -0.2) is 19.9 Å². The molecule has 6 aliphatic carbocycles. The van der Waals surface area contributed by atoms with E-state index in [2.05, 4.69) is 297 Å². The number of fused-ring (bicyclic) bond motifs is 4. The smallest absolute Gasteiger partial charge is 0.129 e. The first-order chi connectivity index (χ1) is 64.4. The summed E-state index contributed by atoms with van der Waals surface area (Å²) in [5.41, 5.74) is 22.8. The fourth-order valence-electron chi connectivity index (χ4n) is 23.9. The van der Waals surface area contributed by atoms with Crippen molar-refractivity contribution in [3.8, 4) is 45.0 Å². The first kappa shape index (κ1) is 102. The summed E-state index contributed by atoms with van der Waals surface area (Å²) in [6, 6.07) is 55.7. The number of benzene rings is 4. The lowest BCUT2D eigenvalue weighted by Crippen LogP contribution is -2.54. The molecule has 2 unspecified atom stereocenters. The highest BCUT2D eigenvalue weighted by Crippen LogP contribution is 2.52. The first-order valence-electron chi connectivity index (χ1n) is 52.8. The topological polar surface area (TPSA) is 234 Å². The Balaban J connectivity index is 0.000000137. The minimum Gasteiger partial charge on any atom is -0.396 e. The van der Waals surface area contributed by atoms with E-state index in [1.54, 1.807) is 0 Å². The average Bonchev–Trinajstić information content (AvgIpc) is 1.28. The summed E-state index contributed by atoms with van der Waals surface area (Å²) in [6.07, 6.45) is 26.5. The molecule has 0 amide bonds. The summed E-state index contributed by atoms with van der Waals surface area (Å²) >= 11 is 0. The van der Waals surface area contributed by atoms with Crippen molar-refractivity contribution in [1.82, 2.24) is 41.2 Å². The number of rotatable bonds is 21. The molecule has 0 spiro atoms. The molecule has 18 heteroatoms. The van der Waals surface area contributed by atoms with Crippen LogP contribution in [0.25, 0.3) is 45.0 Å². The molecule has 0 bridgehead atoms. The zero-order valence-electron chi connectivity index (χ0n) is 85.5. The zero-order valence-corrected chi connectivity index (χ0v) is 85.5. The quantitative estimate of drug-likeness (QED) is 0.0301. The molecule has 135 heavy (non-hydrogen) atoms. The molecule has 10 aliphatic rings. The Bertz CT molecular complexity index is 5050. The number of pyridine rings is 4. The number of anilines is 4. The molecule has 4 aromatic heterocycles. The molecule has 8 heterocycles. The number of aliphatic hydroxyl groups excluding tert-OH is 6. The van der Waals surface area contributed by atoms with Crippen molar-refractivity contribution in [3.05, 3.63) is 190 Å². The maximum absolute atomic E-state index is 10.3. The number of aromatic nitrogens is 4. The van der Waals surface area contributed by atoms with Crippen molar-refractivity contribution < 1.29 is 30.6 Å². The molecule has 6 fully saturated rings. The molecule has 2 saturated carbocycles. The monoisotopic (exact) mass is 1840 g/mol. The van der Waals surface area contributed by atoms with E-state index < -0.39 is 24.4 Å². The number of piperidine rings is 2. The Kier molecular flexibility index (Phi) is 32.8. The molecule has 10 N–H and O–H groups in total. The van der Waals surface area contributed by atoms with Crippen LogP contribution in [0.5, 0.6) is 0 Å². The van der Waals surface area contributed by atoms with Gasteiger partial charge in [-0.3, -0.25) is 0 Å². The summed E-state index contributed by atoms with van der Waals surface area (Å²) in [4.78, 5) is 30.1. The van der Waals surface area contributed by atoms with Crippen LogP contribution in [0.4, 0.5) is 23.3 Å². The van der Waals surface area contributed by atoms with Gasteiger partial charge in [-0.15, -0.1) is 0 Å². The van der Waals surface area contributed by atoms with Gasteiger partial charge in [-0.1, -0.05) is 184 Å². The summed E-state index contributed by atoms with van der Waals surface area (Å²) in [5, 5.41) is 73.2. The Morgan fingerprint density at radius 2 is 0.533 bits per heavy atom. The molecule has 8 aromatic rings. The van der Waals surface area contributed by atoms with Gasteiger partial charge in [0.2, 0.25) is 0 Å². The second kappa shape index (κ2) is 43.6. The molecule has 4 aromatic carbocycles. The normalized spacial score (nSPS) is 25.4. The number of hydrogen-bond donors (Lipinski definition) is 10. The van der Waals surface area contributed by atoms with E-state index >= 15 is 0 Å². The van der Waals surface area contributed by atoms with E-state index in [-0.39, 0.29) is 62.0 Å². The van der Waals surface area contributed by atoms with Crippen LogP contribution in [-0.2, 0) is 43.3 Å². The number of nitrogens with one attached hydrogen (secondary N) is 4. The largest absolute Gasteiger partial charge is 0.396 e. The summed E-state index contributed by atoms with van der Waals surface area (Å²) in [6.45, 7) is 48.5. The van der Waals surface area contributed by atoms with Crippen molar-refractivity contribution >= 4 is 23.3 Å². The Morgan fingerprint density at radius 1 is 0.274 bits per heavy atom. The Hall–Kier alpha value is -7.72. The van der Waals surface area contributed by atoms with E-state index in [0.717, 1.165) is 195 Å². The van der Waals surface area contributed by atoms with Crippen LogP contribution in [0.2, 0.25) is 0 Å². The van der Waals surface area contributed by atoms with Gasteiger partial charge in [0.05, 0.1) is 47.2 Å². The molecule has 734 valence electrons. The van der Waals surface area contributed by atoms with Gasteiger partial charge >= 0.3 is 0 Å². The predicted octanol–water partition coefficient (Wildman–Crippen LogP) is 21.1. The summed E-state index contributed by atoms with van der Waals surface area (Å²) < 4.78 is 0. The van der Waals surface area contributed by atoms with Crippen LogP contribution >= 0.6 is 0 Å². The maximum Gasteiger partial charge on any atom is 0.129 e. The summed E-state index contributed by atoms with van der Waals surface area (Å²) in [7, 11) is 0. The van der Waals surface area contributed by atoms with Crippen LogP contribution in [0.1, 0.15) is 329 Å². The Morgan fingerprint density at radius 3 is 0.815 bits per heavy atom. The molecular weight excluding hydrogens is 1670 g/mol. The molecule has 4 saturated heterocycles. The third kappa shape index (κ3) is 24.7. The van der Waals surface area contributed by atoms with Crippen LogP contribution in [0.15, 0.2) is 146 Å². The van der Waals surface area contributed by atoms with Crippen molar-refractivity contribution in [1.29, 1.82) is 0 Å². The van der Waals surface area contributed by atoms with E-state index in [0.29, 0.717) is 43.6 Å². The average molecular weight is 1840 g/mol. The van der Waals surface area contributed by atoms with Gasteiger partial charge in [0.15, 0.2) is 0 Å². The number of nitrogens with zero attached hydrogens (tertiary/aromatic N) is 8. The van der Waals surface area contributed by atoms with Gasteiger partial charge in [0.25, 0.3) is 0 Å². The Labute approximate surface area is 811 Å². The molecular formula is C117H170N12O6. The van der Waals surface area contributed by atoms with Crippen molar-refractivity contribution in [2.75, 3.05) is 98.3 Å². The number of aliphatic hydroxyl groups is 6. The van der Waals surface area contributed by atoms with E-state index in [1.807, 2.05) is 0 Å². The van der Waals surface area contributed by atoms with Gasteiger partial charge in [-0.2, -0.15) is 0 Å². The van der Waals surface area contributed by atoms with Crippen molar-refractivity contribution in [2.24, 2.45) is 0 Å². The van der Waals surface area contributed by atoms with Crippen LogP contribution in [0, 0.1) is 0 Å². The highest BCUT2D eigenvalue weighted by atomic mass is 16.3. The summed E-state index contributed by atoms with van der Waals surface area (Å²) in [5.74, 6) is 4.29. The van der Waals surface area contributed by atoms with Gasteiger partial charge in [-0.05, 0) is 347 Å². The van der Waals surface area contributed by atoms with Crippen LogP contribution in [0.3, 0.4) is 0 Å². The predicted molar refractivity (Wildman–Crippen MR) is 560 cm³/mol. The highest BCUT2D eigenvalue weighted by molar-refractivity contribution is 5.69. The number of hydrogen-bond acceptors (Lipinski definition) is 18. The fraction of sp³-hybridized carbons (Fsp3) is 0.624. The lowest BCUT2D eigenvalue weighted by molar-refractivity contribution is -0.0324. The molecule has 18 nitrogen and oxygen atoms in total. The van der Waals surface area contributed by atoms with Crippen LogP contribution < -0.4 is 40.9 Å². The minimum absolute atomic E-state index is 0.00925. The van der Waals surface area contributed by atoms with Crippen molar-refractivity contribution in [3.63, 3.8) is 0 Å². The lowest BCUT2D eigenvalue weighted by Gasteiger charge is -2.42. The molecule has 4 aliphatic heterocycles. The number of unbranched alkanes of at least 4 members (excludes halogenated alkanes) is 1. The second-order valence-corrected chi connectivity index (χ2v) is 47.3. The molecule has 8 atom stereocenters.